The average molecular weight is 471 g/mol. The van der Waals surface area contributed by atoms with Crippen molar-refractivity contribution in [1.82, 2.24) is 9.55 Å². The van der Waals surface area contributed by atoms with Crippen LogP contribution in [-0.2, 0) is 9.53 Å². The van der Waals surface area contributed by atoms with Crippen LogP contribution in [0.5, 0.6) is 11.5 Å². The van der Waals surface area contributed by atoms with Gasteiger partial charge in [0.15, 0.2) is 24.2 Å². The molecule has 1 aliphatic heterocycles. The molecule has 2 aromatic rings. The van der Waals surface area contributed by atoms with Crippen LogP contribution in [0.3, 0.4) is 0 Å². The molecule has 3 N–H and O–H groups in total. The largest absolute Gasteiger partial charge is 0.575 e. The van der Waals surface area contributed by atoms with Crippen molar-refractivity contribution in [2.45, 2.75) is 31.0 Å². The fourth-order valence-corrected chi connectivity index (χ4v) is 3.62. The lowest BCUT2D eigenvalue weighted by atomic mass is 9.98. The summed E-state index contributed by atoms with van der Waals surface area (Å²) in [5.41, 5.74) is -3.98. The quantitative estimate of drug-likeness (QED) is 0.445. The number of nitrogens with zero attached hydrogens (tertiary/aromatic N) is 2. The Morgan fingerprint density at radius 1 is 1.38 bits per heavy atom. The lowest BCUT2D eigenvalue weighted by molar-refractivity contribution is -0.169. The number of alkyl halides is 1. The molecule has 1 aromatic carbocycles. The molecule has 1 saturated heterocycles. The Bertz CT molecular complexity index is 1130. The molecule has 3 rings (SSSR count). The second-order valence-electron chi connectivity index (χ2n) is 6.92. The number of hydrogen-bond acceptors (Lipinski definition) is 9. The fraction of sp³-hybridized carbons (Fsp3) is 0.389. The number of aromatic nitrogens is 2. The second-order valence-corrected chi connectivity index (χ2v) is 7.86. The standard InChI is InChI=1S/C18H19FN3O9P/c1-18(19)15(26)12(30-16(18)22-7-6-13(23)21-17(22)27)9-29-10-4-2-3-5-11(10)31-32(28)20-8-14(24)25/h2-7,12,15-16,26H,8-9H2,1H3,(H,24,25)(H,21,23,27)/t12-,15-,16-,18-/m1/s1. The molecule has 0 saturated carbocycles. The van der Waals surface area contributed by atoms with E-state index in [-0.39, 0.29) is 18.1 Å². The summed E-state index contributed by atoms with van der Waals surface area (Å²) in [4.78, 5) is 47.5. The maximum atomic E-state index is 15.2. The van der Waals surface area contributed by atoms with E-state index in [2.05, 4.69) is 4.74 Å². The highest BCUT2D eigenvalue weighted by Crippen LogP contribution is 2.41. The molecule has 32 heavy (non-hydrogen) atoms. The number of hydrogen-bond donors (Lipinski definition) is 3. The van der Waals surface area contributed by atoms with E-state index in [9.17, 15) is 24.4 Å². The minimum Gasteiger partial charge on any atom is -0.575 e. The Morgan fingerprint density at radius 2 is 2.06 bits per heavy atom. The summed E-state index contributed by atoms with van der Waals surface area (Å²) in [7, 11) is -2.69. The molecule has 0 amide bonds. The zero-order chi connectivity index (χ0) is 23.5. The molecule has 1 aromatic heterocycles. The molecule has 14 heteroatoms. The first-order chi connectivity index (χ1) is 15.1. The van der Waals surface area contributed by atoms with E-state index in [0.717, 1.165) is 23.8 Å². The number of carboxylic acid groups (broad SMARTS) is 1. The molecule has 1 unspecified atom stereocenters. The molecule has 0 spiro atoms. The van der Waals surface area contributed by atoms with Gasteiger partial charge in [0.1, 0.15) is 18.8 Å². The van der Waals surface area contributed by atoms with Crippen LogP contribution in [0.2, 0.25) is 0 Å². The van der Waals surface area contributed by atoms with Gasteiger partial charge in [0.05, 0.1) is 0 Å². The number of ether oxygens (including phenoxy) is 2. The fourth-order valence-electron chi connectivity index (χ4n) is 3.01. The Hall–Kier alpha value is -3.12. The minimum absolute atomic E-state index is 0.0216. The van der Waals surface area contributed by atoms with Crippen molar-refractivity contribution in [2.24, 2.45) is 4.74 Å². The summed E-state index contributed by atoms with van der Waals surface area (Å²) >= 11 is 0. The van der Waals surface area contributed by atoms with E-state index in [0.29, 0.717) is 0 Å². The maximum absolute atomic E-state index is 15.2. The van der Waals surface area contributed by atoms with Crippen molar-refractivity contribution < 1.29 is 38.3 Å². The van der Waals surface area contributed by atoms with Gasteiger partial charge in [0.25, 0.3) is 5.56 Å². The zero-order valence-electron chi connectivity index (χ0n) is 16.6. The van der Waals surface area contributed by atoms with Crippen LogP contribution < -0.4 is 25.4 Å². The number of halogens is 1. The summed E-state index contributed by atoms with van der Waals surface area (Å²) in [6.07, 6.45) is -3.39. The van der Waals surface area contributed by atoms with E-state index in [1.807, 2.05) is 4.98 Å². The molecule has 5 atom stereocenters. The molecule has 172 valence electrons. The van der Waals surface area contributed by atoms with Crippen molar-refractivity contribution in [3.05, 3.63) is 57.4 Å². The first-order valence-electron chi connectivity index (χ1n) is 9.19. The van der Waals surface area contributed by atoms with Gasteiger partial charge in [-0.15, -0.1) is 0 Å². The van der Waals surface area contributed by atoms with Crippen molar-refractivity contribution in [2.75, 3.05) is 13.2 Å². The Balaban J connectivity index is 1.74. The Labute approximate surface area is 180 Å². The van der Waals surface area contributed by atoms with E-state index in [1.165, 1.54) is 12.1 Å². The van der Waals surface area contributed by atoms with Gasteiger partial charge in [-0.1, -0.05) is 16.9 Å². The lowest BCUT2D eigenvalue weighted by Crippen LogP contribution is -2.43. The summed E-state index contributed by atoms with van der Waals surface area (Å²) in [5.74, 6) is -1.24. The molecule has 0 bridgehead atoms. The summed E-state index contributed by atoms with van der Waals surface area (Å²) in [6, 6.07) is 6.96. The van der Waals surface area contributed by atoms with Crippen LogP contribution in [-0.4, -0.2) is 56.8 Å². The number of aromatic amines is 1. The SMILES string of the molecule is C[C@@]1(F)[C@H](O)[C@@H](COc2ccccc2O[P+]([O-])=NCC(=O)O)O[C@H]1n1ccc(=O)[nH]c1=O. The van der Waals surface area contributed by atoms with E-state index < -0.39 is 56.0 Å². The van der Waals surface area contributed by atoms with Gasteiger partial charge in [0, 0.05) is 12.3 Å². The van der Waals surface area contributed by atoms with Gasteiger partial charge in [-0.2, -0.15) is 0 Å². The average Bonchev–Trinajstić information content (AvgIpc) is 2.95. The zero-order valence-corrected chi connectivity index (χ0v) is 17.5. The molecule has 1 aliphatic rings. The Kier molecular flexibility index (Phi) is 7.04. The van der Waals surface area contributed by atoms with Gasteiger partial charge in [-0.3, -0.25) is 23.7 Å². The summed E-state index contributed by atoms with van der Waals surface area (Å²) in [6.45, 7) is -0.0365. The number of aliphatic hydroxyl groups is 1. The van der Waals surface area contributed by atoms with Crippen molar-refractivity contribution >= 4 is 14.1 Å². The first kappa shape index (κ1) is 23.5. The number of nitrogens with one attached hydrogen (secondary N) is 1. The highest BCUT2D eigenvalue weighted by Gasteiger charge is 2.55. The summed E-state index contributed by atoms with van der Waals surface area (Å²) in [5, 5.41) is 19.0. The normalized spacial score (nSPS) is 25.5. The van der Waals surface area contributed by atoms with Crippen LogP contribution in [0.4, 0.5) is 4.39 Å². The molecule has 2 heterocycles. The topological polar surface area (TPSA) is 176 Å². The van der Waals surface area contributed by atoms with Gasteiger partial charge in [-0.25, -0.2) is 9.18 Å². The van der Waals surface area contributed by atoms with Crippen molar-refractivity contribution in [3.63, 3.8) is 0 Å². The number of carboxylic acids is 1. The second kappa shape index (κ2) is 9.57. The minimum atomic E-state index is -2.69. The van der Waals surface area contributed by atoms with Crippen LogP contribution in [0.25, 0.3) is 0 Å². The van der Waals surface area contributed by atoms with E-state index in [4.69, 9.17) is 19.1 Å². The Morgan fingerprint density at radius 3 is 2.72 bits per heavy atom. The number of benzene rings is 1. The van der Waals surface area contributed by atoms with Crippen LogP contribution in [0.1, 0.15) is 13.2 Å². The van der Waals surface area contributed by atoms with E-state index in [1.54, 1.807) is 12.1 Å². The van der Waals surface area contributed by atoms with Gasteiger partial charge >= 0.3 is 19.8 Å². The number of aliphatic hydroxyl groups excluding tert-OH is 1. The molecular formula is C18H19FN3O9P. The third kappa shape index (κ3) is 5.19. The molecule has 0 radical (unpaired) electrons. The smallest absolute Gasteiger partial charge is 0.395 e. The van der Waals surface area contributed by atoms with Gasteiger partial charge < -0.3 is 24.6 Å². The van der Waals surface area contributed by atoms with Crippen LogP contribution in [0, 0.1) is 0 Å². The maximum Gasteiger partial charge on any atom is 0.395 e. The highest BCUT2D eigenvalue weighted by molar-refractivity contribution is 7.34. The van der Waals surface area contributed by atoms with Crippen LogP contribution >= 0.6 is 8.17 Å². The third-order valence-corrected chi connectivity index (χ3v) is 5.30. The van der Waals surface area contributed by atoms with Crippen molar-refractivity contribution in [1.29, 1.82) is 0 Å². The number of rotatable bonds is 8. The highest BCUT2D eigenvalue weighted by atomic mass is 31.1. The summed E-state index contributed by atoms with van der Waals surface area (Å²) < 4.78 is 35.5. The number of para-hydroxylation sites is 2. The van der Waals surface area contributed by atoms with E-state index >= 15 is 4.39 Å². The molecule has 12 nitrogen and oxygen atoms in total. The molecular weight excluding hydrogens is 452 g/mol. The predicted octanol–water partition coefficient (Wildman–Crippen LogP) is -0.0787. The predicted molar refractivity (Wildman–Crippen MR) is 105 cm³/mol. The number of aliphatic carboxylic acids is 1. The molecule has 1 fully saturated rings. The molecule has 0 aliphatic carbocycles. The van der Waals surface area contributed by atoms with Gasteiger partial charge in [0.2, 0.25) is 5.75 Å². The van der Waals surface area contributed by atoms with Crippen LogP contribution in [0.15, 0.2) is 50.9 Å². The lowest BCUT2D eigenvalue weighted by Gasteiger charge is -2.24. The van der Waals surface area contributed by atoms with Crippen molar-refractivity contribution in [3.8, 4) is 11.5 Å². The number of H-pyrrole nitrogens is 1. The van der Waals surface area contributed by atoms with Gasteiger partial charge in [-0.05, 0) is 19.1 Å². The monoisotopic (exact) mass is 471 g/mol. The first-order valence-corrected chi connectivity index (χ1v) is 10.3. The number of carbonyl (C=O) groups is 1. The third-order valence-electron chi connectivity index (χ3n) is 4.57.